The highest BCUT2D eigenvalue weighted by molar-refractivity contribution is 5.87. The molecule has 0 fully saturated rings. The van der Waals surface area contributed by atoms with Crippen LogP contribution in [0.25, 0.3) is 11.1 Å². The summed E-state index contributed by atoms with van der Waals surface area (Å²) in [5.41, 5.74) is 8.88. The Morgan fingerprint density at radius 2 is 1.23 bits per heavy atom. The minimum absolute atomic E-state index is 0.302. The number of hydrogen-bond acceptors (Lipinski definition) is 1. The molecule has 1 aliphatic carbocycles. The first-order valence-corrected chi connectivity index (χ1v) is 10.9. The highest BCUT2D eigenvalue weighted by atomic mass is 14.9. The first kappa shape index (κ1) is 18.7. The van der Waals surface area contributed by atoms with Crippen LogP contribution in [0.4, 0.5) is 5.69 Å². The van der Waals surface area contributed by atoms with Gasteiger partial charge in [0, 0.05) is 11.7 Å². The fraction of sp³-hybridized carbons (Fsp3) is 0.172. The Kier molecular flexibility index (Phi) is 4.67. The van der Waals surface area contributed by atoms with Gasteiger partial charge in [0.25, 0.3) is 0 Å². The van der Waals surface area contributed by atoms with Crippen LogP contribution in [0.2, 0.25) is 0 Å². The van der Waals surface area contributed by atoms with E-state index in [1.165, 1.54) is 39.1 Å². The molecule has 1 unspecified atom stereocenters. The van der Waals surface area contributed by atoms with Crippen molar-refractivity contribution in [1.82, 2.24) is 0 Å². The molecule has 0 radical (unpaired) electrons. The molecule has 4 aromatic carbocycles. The SMILES string of the molecule is CCC(C)Nc1ccc2c(c1)-c1ccccc1C2(c1ccccc1)c1ccccc1. The molecule has 1 N–H and O–H groups in total. The van der Waals surface area contributed by atoms with Crippen LogP contribution < -0.4 is 5.32 Å². The zero-order valence-electron chi connectivity index (χ0n) is 17.6. The van der Waals surface area contributed by atoms with E-state index < -0.39 is 0 Å². The molecule has 0 aliphatic heterocycles. The molecule has 0 bridgehead atoms. The van der Waals surface area contributed by atoms with Crippen LogP contribution in [0.15, 0.2) is 103 Å². The average molecular weight is 390 g/mol. The molecule has 1 atom stereocenters. The summed E-state index contributed by atoms with van der Waals surface area (Å²) >= 11 is 0. The van der Waals surface area contributed by atoms with Crippen molar-refractivity contribution in [3.05, 3.63) is 125 Å². The van der Waals surface area contributed by atoms with E-state index in [-0.39, 0.29) is 5.41 Å². The maximum atomic E-state index is 3.66. The van der Waals surface area contributed by atoms with Crippen molar-refractivity contribution in [2.45, 2.75) is 31.7 Å². The van der Waals surface area contributed by atoms with Gasteiger partial charge in [-0.1, -0.05) is 97.9 Å². The van der Waals surface area contributed by atoms with Gasteiger partial charge in [-0.05, 0) is 58.9 Å². The molecule has 0 spiro atoms. The molecule has 0 heterocycles. The summed E-state index contributed by atoms with van der Waals surface area (Å²) < 4.78 is 0. The van der Waals surface area contributed by atoms with E-state index >= 15 is 0 Å². The smallest absolute Gasteiger partial charge is 0.0713 e. The third-order valence-corrected chi connectivity index (χ3v) is 6.48. The summed E-state index contributed by atoms with van der Waals surface area (Å²) in [5, 5.41) is 3.66. The number of fused-ring (bicyclic) bond motifs is 3. The standard InChI is InChI=1S/C29H27N/c1-3-21(2)30-24-18-19-28-26(20-24)25-16-10-11-17-27(25)29(28,22-12-6-4-7-13-22)23-14-8-5-9-15-23/h4-21,30H,3H2,1-2H3. The lowest BCUT2D eigenvalue weighted by Gasteiger charge is -2.33. The second kappa shape index (κ2) is 7.50. The average Bonchev–Trinajstić information content (AvgIpc) is 3.11. The van der Waals surface area contributed by atoms with Crippen LogP contribution in [0.1, 0.15) is 42.5 Å². The first-order valence-electron chi connectivity index (χ1n) is 10.9. The summed E-state index contributed by atoms with van der Waals surface area (Å²) in [6.07, 6.45) is 1.10. The lowest BCUT2D eigenvalue weighted by Crippen LogP contribution is -2.28. The molecule has 5 rings (SSSR count). The third-order valence-electron chi connectivity index (χ3n) is 6.48. The normalized spacial score (nSPS) is 14.6. The first-order chi connectivity index (χ1) is 14.7. The third kappa shape index (κ3) is 2.77. The highest BCUT2D eigenvalue weighted by Gasteiger charge is 2.45. The van der Waals surface area contributed by atoms with Crippen molar-refractivity contribution in [1.29, 1.82) is 0 Å². The van der Waals surface area contributed by atoms with Gasteiger partial charge in [0.15, 0.2) is 0 Å². The van der Waals surface area contributed by atoms with Gasteiger partial charge in [-0.15, -0.1) is 0 Å². The topological polar surface area (TPSA) is 12.0 Å². The largest absolute Gasteiger partial charge is 0.383 e. The zero-order valence-corrected chi connectivity index (χ0v) is 17.6. The van der Waals surface area contributed by atoms with Crippen LogP contribution in [0.5, 0.6) is 0 Å². The molecule has 1 nitrogen and oxygen atoms in total. The Morgan fingerprint density at radius 1 is 0.667 bits per heavy atom. The maximum absolute atomic E-state index is 3.66. The van der Waals surface area contributed by atoms with Crippen LogP contribution in [-0.2, 0) is 5.41 Å². The van der Waals surface area contributed by atoms with E-state index in [1.807, 2.05) is 0 Å². The van der Waals surface area contributed by atoms with Crippen molar-refractivity contribution in [2.75, 3.05) is 5.32 Å². The van der Waals surface area contributed by atoms with Crippen LogP contribution >= 0.6 is 0 Å². The molecule has 30 heavy (non-hydrogen) atoms. The summed E-state index contributed by atoms with van der Waals surface area (Å²) in [7, 11) is 0. The van der Waals surface area contributed by atoms with Gasteiger partial charge >= 0.3 is 0 Å². The monoisotopic (exact) mass is 389 g/mol. The van der Waals surface area contributed by atoms with Crippen molar-refractivity contribution in [3.8, 4) is 11.1 Å². The molecule has 4 aromatic rings. The summed E-state index contributed by atoms with van der Waals surface area (Å²) in [5.74, 6) is 0. The minimum Gasteiger partial charge on any atom is -0.383 e. The summed E-state index contributed by atoms with van der Waals surface area (Å²) in [6, 6.07) is 38.2. The predicted octanol–water partition coefficient (Wildman–Crippen LogP) is 7.26. The van der Waals surface area contributed by atoms with Gasteiger partial charge in [-0.2, -0.15) is 0 Å². The quantitative estimate of drug-likeness (QED) is 0.333. The number of benzene rings is 4. The van der Waals surface area contributed by atoms with E-state index in [1.54, 1.807) is 0 Å². The molecule has 0 amide bonds. The minimum atomic E-state index is -0.302. The van der Waals surface area contributed by atoms with Gasteiger partial charge in [0.1, 0.15) is 0 Å². The molecule has 1 aliphatic rings. The number of hydrogen-bond donors (Lipinski definition) is 1. The molecular weight excluding hydrogens is 362 g/mol. The fourth-order valence-corrected chi connectivity index (χ4v) is 4.93. The Morgan fingerprint density at radius 3 is 1.87 bits per heavy atom. The highest BCUT2D eigenvalue weighted by Crippen LogP contribution is 2.56. The maximum Gasteiger partial charge on any atom is 0.0713 e. The van der Waals surface area contributed by atoms with Crippen molar-refractivity contribution >= 4 is 5.69 Å². The molecule has 1 heteroatoms. The lowest BCUT2D eigenvalue weighted by molar-refractivity contribution is 0.761. The second-order valence-electron chi connectivity index (χ2n) is 8.24. The van der Waals surface area contributed by atoms with Crippen molar-refractivity contribution in [3.63, 3.8) is 0 Å². The fourth-order valence-electron chi connectivity index (χ4n) is 4.93. The van der Waals surface area contributed by atoms with Crippen LogP contribution in [0.3, 0.4) is 0 Å². The Labute approximate surface area is 179 Å². The van der Waals surface area contributed by atoms with Crippen LogP contribution in [0, 0.1) is 0 Å². The van der Waals surface area contributed by atoms with E-state index in [0.717, 1.165) is 6.42 Å². The van der Waals surface area contributed by atoms with Gasteiger partial charge in [0.2, 0.25) is 0 Å². The van der Waals surface area contributed by atoms with Gasteiger partial charge in [0.05, 0.1) is 5.41 Å². The Balaban J connectivity index is 1.83. The molecular formula is C29H27N. The Hall–Kier alpha value is -3.32. The van der Waals surface area contributed by atoms with Crippen LogP contribution in [-0.4, -0.2) is 6.04 Å². The van der Waals surface area contributed by atoms with Gasteiger partial charge in [-0.3, -0.25) is 0 Å². The summed E-state index contributed by atoms with van der Waals surface area (Å²) in [6.45, 7) is 4.45. The summed E-state index contributed by atoms with van der Waals surface area (Å²) in [4.78, 5) is 0. The van der Waals surface area contributed by atoms with Gasteiger partial charge < -0.3 is 5.32 Å². The number of anilines is 1. The zero-order chi connectivity index (χ0) is 20.6. The molecule has 0 saturated heterocycles. The lowest BCUT2D eigenvalue weighted by atomic mass is 9.68. The number of rotatable bonds is 5. The molecule has 148 valence electrons. The van der Waals surface area contributed by atoms with Gasteiger partial charge in [-0.25, -0.2) is 0 Å². The predicted molar refractivity (Wildman–Crippen MR) is 127 cm³/mol. The molecule has 0 aromatic heterocycles. The van der Waals surface area contributed by atoms with E-state index in [2.05, 4.69) is 122 Å². The number of nitrogens with one attached hydrogen (secondary N) is 1. The second-order valence-corrected chi connectivity index (χ2v) is 8.24. The Bertz CT molecular complexity index is 1120. The molecule has 0 saturated carbocycles. The van der Waals surface area contributed by atoms with Crippen molar-refractivity contribution in [2.24, 2.45) is 0 Å². The van der Waals surface area contributed by atoms with E-state index in [9.17, 15) is 0 Å². The van der Waals surface area contributed by atoms with E-state index in [0.29, 0.717) is 6.04 Å². The van der Waals surface area contributed by atoms with E-state index in [4.69, 9.17) is 0 Å². The van der Waals surface area contributed by atoms with Crippen molar-refractivity contribution < 1.29 is 0 Å².